The minimum atomic E-state index is -1.20. The summed E-state index contributed by atoms with van der Waals surface area (Å²) in [5, 5.41) is 2.89. The average Bonchev–Trinajstić information content (AvgIpc) is 2.68. The predicted molar refractivity (Wildman–Crippen MR) is 103 cm³/mol. The lowest BCUT2D eigenvalue weighted by molar-refractivity contribution is -0.147. The Labute approximate surface area is 160 Å². The van der Waals surface area contributed by atoms with Crippen LogP contribution in [-0.4, -0.2) is 60.5 Å². The summed E-state index contributed by atoms with van der Waals surface area (Å²) in [6.45, 7) is 8.96. The number of anilines is 1. The highest BCUT2D eigenvalue weighted by Gasteiger charge is 2.40. The van der Waals surface area contributed by atoms with Gasteiger partial charge in [-0.15, -0.1) is 0 Å². The van der Waals surface area contributed by atoms with Crippen molar-refractivity contribution >= 4 is 23.6 Å². The molecule has 1 N–H and O–H groups in total. The Morgan fingerprint density at radius 3 is 2.22 bits per heavy atom. The number of nitrogens with zero attached hydrogens (tertiary/aromatic N) is 2. The van der Waals surface area contributed by atoms with Crippen LogP contribution < -0.4 is 5.32 Å². The second-order valence-electron chi connectivity index (χ2n) is 7.07. The van der Waals surface area contributed by atoms with E-state index in [-0.39, 0.29) is 17.9 Å². The molecule has 0 aromatic heterocycles. The first-order chi connectivity index (χ1) is 12.8. The standard InChI is InChI=1S/C20H29N3O4/c1-5-15-9-7-8-10-16(15)21-17(24)20(3,4)18(25)22-11-13-23(14-12-22)19(26)27-6-2/h7-10H,5-6,11-14H2,1-4H3,(H,21,24). The molecule has 3 amide bonds. The highest BCUT2D eigenvalue weighted by molar-refractivity contribution is 6.10. The van der Waals surface area contributed by atoms with Crippen LogP contribution in [0.1, 0.15) is 33.3 Å². The molecule has 1 heterocycles. The smallest absolute Gasteiger partial charge is 0.409 e. The zero-order valence-corrected chi connectivity index (χ0v) is 16.6. The first kappa shape index (κ1) is 20.7. The number of amides is 3. The average molecular weight is 375 g/mol. The molecule has 1 aliphatic heterocycles. The van der Waals surface area contributed by atoms with Crippen LogP contribution in [0.15, 0.2) is 24.3 Å². The van der Waals surface area contributed by atoms with Crippen molar-refractivity contribution in [2.24, 2.45) is 5.41 Å². The van der Waals surface area contributed by atoms with Crippen molar-refractivity contribution in [1.29, 1.82) is 0 Å². The van der Waals surface area contributed by atoms with Crippen molar-refractivity contribution in [3.05, 3.63) is 29.8 Å². The number of hydrogen-bond donors (Lipinski definition) is 1. The minimum Gasteiger partial charge on any atom is -0.450 e. The number of hydrogen-bond acceptors (Lipinski definition) is 4. The molecule has 7 nitrogen and oxygen atoms in total. The van der Waals surface area contributed by atoms with Gasteiger partial charge in [0.15, 0.2) is 0 Å². The summed E-state index contributed by atoms with van der Waals surface area (Å²) >= 11 is 0. The van der Waals surface area contributed by atoms with Crippen LogP contribution in [0.3, 0.4) is 0 Å². The van der Waals surface area contributed by atoms with E-state index in [1.165, 1.54) is 0 Å². The van der Waals surface area contributed by atoms with E-state index in [9.17, 15) is 14.4 Å². The Hall–Kier alpha value is -2.57. The van der Waals surface area contributed by atoms with Crippen LogP contribution in [0.5, 0.6) is 0 Å². The topological polar surface area (TPSA) is 79.0 Å². The maximum absolute atomic E-state index is 12.9. The van der Waals surface area contributed by atoms with Gasteiger partial charge in [0.2, 0.25) is 11.8 Å². The number of rotatable bonds is 5. The van der Waals surface area contributed by atoms with Gasteiger partial charge in [0.1, 0.15) is 5.41 Å². The third-order valence-electron chi connectivity index (χ3n) is 4.84. The molecule has 0 unspecified atom stereocenters. The number of ether oxygens (including phenoxy) is 1. The number of piperazine rings is 1. The van der Waals surface area contributed by atoms with E-state index in [0.29, 0.717) is 32.8 Å². The number of carbonyl (C=O) groups excluding carboxylic acids is 3. The van der Waals surface area contributed by atoms with Gasteiger partial charge in [-0.3, -0.25) is 9.59 Å². The largest absolute Gasteiger partial charge is 0.450 e. The molecule has 1 aliphatic rings. The summed E-state index contributed by atoms with van der Waals surface area (Å²) in [7, 11) is 0. The lowest BCUT2D eigenvalue weighted by Gasteiger charge is -2.37. The van der Waals surface area contributed by atoms with Crippen LogP contribution in [0, 0.1) is 5.41 Å². The number of benzene rings is 1. The molecule has 0 atom stereocenters. The second kappa shape index (κ2) is 8.88. The molecule has 7 heteroatoms. The summed E-state index contributed by atoms with van der Waals surface area (Å²) < 4.78 is 4.99. The zero-order chi connectivity index (χ0) is 20.0. The molecule has 148 valence electrons. The number of para-hydroxylation sites is 1. The van der Waals surface area contributed by atoms with E-state index in [4.69, 9.17) is 4.74 Å². The second-order valence-corrected chi connectivity index (χ2v) is 7.07. The number of aryl methyl sites for hydroxylation is 1. The summed E-state index contributed by atoms with van der Waals surface area (Å²) in [5.74, 6) is -0.571. The highest BCUT2D eigenvalue weighted by atomic mass is 16.6. The van der Waals surface area contributed by atoms with E-state index in [0.717, 1.165) is 17.7 Å². The lowest BCUT2D eigenvalue weighted by Crippen LogP contribution is -2.55. The molecule has 0 bridgehead atoms. The van der Waals surface area contributed by atoms with Gasteiger partial charge in [0.05, 0.1) is 6.61 Å². The molecule has 1 fully saturated rings. The zero-order valence-electron chi connectivity index (χ0n) is 16.6. The number of nitrogens with one attached hydrogen (secondary N) is 1. The summed E-state index contributed by atoms with van der Waals surface area (Å²) in [4.78, 5) is 40.7. The van der Waals surface area contributed by atoms with Crippen molar-refractivity contribution in [2.75, 3.05) is 38.1 Å². The first-order valence-corrected chi connectivity index (χ1v) is 9.41. The van der Waals surface area contributed by atoms with Crippen molar-refractivity contribution in [2.45, 2.75) is 34.1 Å². The summed E-state index contributed by atoms with van der Waals surface area (Å²) in [6, 6.07) is 7.58. The fourth-order valence-electron chi connectivity index (χ4n) is 3.03. The third kappa shape index (κ3) is 4.78. The monoisotopic (exact) mass is 375 g/mol. The molecule has 0 spiro atoms. The molecular weight excluding hydrogens is 346 g/mol. The van der Waals surface area contributed by atoms with Crippen molar-refractivity contribution in [1.82, 2.24) is 9.80 Å². The lowest BCUT2D eigenvalue weighted by atomic mass is 9.89. The maximum atomic E-state index is 12.9. The molecule has 1 aromatic rings. The van der Waals surface area contributed by atoms with Gasteiger partial charge in [-0.1, -0.05) is 25.1 Å². The quantitative estimate of drug-likeness (QED) is 0.802. The van der Waals surface area contributed by atoms with E-state index in [2.05, 4.69) is 5.32 Å². The molecule has 0 radical (unpaired) electrons. The van der Waals surface area contributed by atoms with Gasteiger partial charge < -0.3 is 19.9 Å². The van der Waals surface area contributed by atoms with Crippen molar-refractivity contribution < 1.29 is 19.1 Å². The van der Waals surface area contributed by atoms with E-state index in [1.807, 2.05) is 31.2 Å². The maximum Gasteiger partial charge on any atom is 0.409 e. The van der Waals surface area contributed by atoms with E-state index in [1.54, 1.807) is 30.6 Å². The van der Waals surface area contributed by atoms with Crippen LogP contribution in [0.4, 0.5) is 10.5 Å². The van der Waals surface area contributed by atoms with Crippen LogP contribution in [0.2, 0.25) is 0 Å². The first-order valence-electron chi connectivity index (χ1n) is 9.41. The summed E-state index contributed by atoms with van der Waals surface area (Å²) in [5.41, 5.74) is 0.558. The Morgan fingerprint density at radius 1 is 1.04 bits per heavy atom. The third-order valence-corrected chi connectivity index (χ3v) is 4.84. The molecule has 0 aliphatic carbocycles. The normalized spacial score (nSPS) is 14.7. The molecule has 1 aromatic carbocycles. The Kier molecular flexibility index (Phi) is 6.82. The van der Waals surface area contributed by atoms with Gasteiger partial charge in [0.25, 0.3) is 0 Å². The highest BCUT2D eigenvalue weighted by Crippen LogP contribution is 2.24. The van der Waals surface area contributed by atoms with E-state index >= 15 is 0 Å². The predicted octanol–water partition coefficient (Wildman–Crippen LogP) is 2.51. The van der Waals surface area contributed by atoms with Gasteiger partial charge >= 0.3 is 6.09 Å². The van der Waals surface area contributed by atoms with Gasteiger partial charge in [-0.05, 0) is 38.8 Å². The Bertz CT molecular complexity index is 694. The SMILES string of the molecule is CCOC(=O)N1CCN(C(=O)C(C)(C)C(=O)Nc2ccccc2CC)CC1. The number of carbonyl (C=O) groups is 3. The molecule has 2 rings (SSSR count). The van der Waals surface area contributed by atoms with E-state index < -0.39 is 5.41 Å². The summed E-state index contributed by atoms with van der Waals surface area (Å²) in [6.07, 6.45) is 0.429. The van der Waals surface area contributed by atoms with Crippen LogP contribution in [-0.2, 0) is 20.7 Å². The van der Waals surface area contributed by atoms with Crippen LogP contribution in [0.25, 0.3) is 0 Å². The van der Waals surface area contributed by atoms with Gasteiger partial charge in [-0.2, -0.15) is 0 Å². The van der Waals surface area contributed by atoms with Crippen molar-refractivity contribution in [3.8, 4) is 0 Å². The van der Waals surface area contributed by atoms with Gasteiger partial charge in [-0.25, -0.2) is 4.79 Å². The Morgan fingerprint density at radius 2 is 1.63 bits per heavy atom. The molecular formula is C20H29N3O4. The minimum absolute atomic E-state index is 0.238. The fraction of sp³-hybridized carbons (Fsp3) is 0.550. The molecule has 1 saturated heterocycles. The molecule has 27 heavy (non-hydrogen) atoms. The van der Waals surface area contributed by atoms with Gasteiger partial charge in [0, 0.05) is 31.9 Å². The molecule has 0 saturated carbocycles. The van der Waals surface area contributed by atoms with Crippen LogP contribution >= 0.6 is 0 Å². The fourth-order valence-corrected chi connectivity index (χ4v) is 3.03. The van der Waals surface area contributed by atoms with Crippen molar-refractivity contribution in [3.63, 3.8) is 0 Å². The Balaban J connectivity index is 2.00.